The Morgan fingerprint density at radius 3 is 2.27 bits per heavy atom. The highest BCUT2D eigenvalue weighted by Crippen LogP contribution is 2.21. The van der Waals surface area contributed by atoms with Crippen LogP contribution in [0.15, 0.2) is 57.9 Å². The van der Waals surface area contributed by atoms with Gasteiger partial charge in [-0.3, -0.25) is 9.59 Å². The second-order valence-electron chi connectivity index (χ2n) is 7.79. The van der Waals surface area contributed by atoms with Crippen LogP contribution in [0.1, 0.15) is 48.5 Å². The number of Topliss-reactive ketones (excluding diaryl/α,β-unsaturated/α-hetero) is 1. The summed E-state index contributed by atoms with van der Waals surface area (Å²) >= 11 is 0. The van der Waals surface area contributed by atoms with Crippen molar-refractivity contribution in [1.82, 2.24) is 14.4 Å². The molecule has 0 bridgehead atoms. The second kappa shape index (κ2) is 10.1. The Balaban J connectivity index is 1.57. The van der Waals surface area contributed by atoms with Crippen LogP contribution in [0.25, 0.3) is 11.4 Å². The fourth-order valence-electron chi connectivity index (χ4n) is 2.94. The van der Waals surface area contributed by atoms with Crippen molar-refractivity contribution in [2.75, 3.05) is 13.6 Å². The first-order chi connectivity index (χ1) is 15.6. The zero-order valence-corrected chi connectivity index (χ0v) is 19.6. The lowest BCUT2D eigenvalue weighted by Crippen LogP contribution is -2.33. The standard InChI is InChI=1S/C23H25N3O6S/c1-15(2)17-5-7-19(8-6-17)23-24-21(32-25-23)14-31-22(28)13-26(4)33(29,30)20-11-9-18(10-12-20)16(3)27/h5-12,15H,13-14H2,1-4H3. The lowest BCUT2D eigenvalue weighted by Gasteiger charge is -2.16. The van der Waals surface area contributed by atoms with Crippen LogP contribution < -0.4 is 0 Å². The van der Waals surface area contributed by atoms with Gasteiger partial charge < -0.3 is 9.26 Å². The first kappa shape index (κ1) is 24.3. The summed E-state index contributed by atoms with van der Waals surface area (Å²) in [6.07, 6.45) is 0. The van der Waals surface area contributed by atoms with Crippen molar-refractivity contribution in [1.29, 1.82) is 0 Å². The quantitative estimate of drug-likeness (QED) is 0.344. The number of hydrogen-bond acceptors (Lipinski definition) is 8. The van der Waals surface area contributed by atoms with E-state index in [1.54, 1.807) is 0 Å². The Hall–Kier alpha value is -3.37. The van der Waals surface area contributed by atoms with Crippen molar-refractivity contribution >= 4 is 21.8 Å². The minimum absolute atomic E-state index is 0.0344. The van der Waals surface area contributed by atoms with Crippen LogP contribution in [-0.4, -0.2) is 48.2 Å². The first-order valence-corrected chi connectivity index (χ1v) is 11.7. The second-order valence-corrected chi connectivity index (χ2v) is 9.84. The van der Waals surface area contributed by atoms with Gasteiger partial charge in [-0.05, 0) is 30.5 Å². The largest absolute Gasteiger partial charge is 0.455 e. The van der Waals surface area contributed by atoms with Gasteiger partial charge in [0.15, 0.2) is 12.4 Å². The first-order valence-electron chi connectivity index (χ1n) is 10.2. The molecule has 0 N–H and O–H groups in total. The smallest absolute Gasteiger partial charge is 0.321 e. The Labute approximate surface area is 192 Å². The number of ether oxygens (including phenoxy) is 1. The summed E-state index contributed by atoms with van der Waals surface area (Å²) in [4.78, 5) is 27.7. The van der Waals surface area contributed by atoms with E-state index in [2.05, 4.69) is 24.0 Å². The number of ketones is 1. The molecule has 1 heterocycles. The molecule has 0 radical (unpaired) electrons. The van der Waals surface area contributed by atoms with Crippen molar-refractivity contribution in [2.45, 2.75) is 38.2 Å². The molecule has 0 amide bonds. The summed E-state index contributed by atoms with van der Waals surface area (Å²) in [6, 6.07) is 13.2. The van der Waals surface area contributed by atoms with Crippen LogP contribution in [0.5, 0.6) is 0 Å². The fraction of sp³-hybridized carbons (Fsp3) is 0.304. The van der Waals surface area contributed by atoms with E-state index in [-0.39, 0.29) is 23.2 Å². The lowest BCUT2D eigenvalue weighted by molar-refractivity contribution is -0.145. The van der Waals surface area contributed by atoms with E-state index in [0.717, 1.165) is 9.87 Å². The van der Waals surface area contributed by atoms with E-state index in [9.17, 15) is 18.0 Å². The Kier molecular flexibility index (Phi) is 7.39. The molecule has 0 unspecified atom stereocenters. The molecule has 3 rings (SSSR count). The average Bonchev–Trinajstić information content (AvgIpc) is 3.27. The van der Waals surface area contributed by atoms with E-state index in [0.29, 0.717) is 17.3 Å². The molecule has 0 spiro atoms. The molecule has 33 heavy (non-hydrogen) atoms. The lowest BCUT2D eigenvalue weighted by atomic mass is 10.0. The topological polar surface area (TPSA) is 120 Å². The number of esters is 1. The van der Waals surface area contributed by atoms with Gasteiger partial charge in [-0.2, -0.15) is 9.29 Å². The maximum atomic E-state index is 12.6. The summed E-state index contributed by atoms with van der Waals surface area (Å²) in [5.74, 6) is -0.0853. The summed E-state index contributed by atoms with van der Waals surface area (Å²) in [6.45, 7) is 4.80. The number of carbonyl (C=O) groups excluding carboxylic acids is 2. The van der Waals surface area contributed by atoms with E-state index in [4.69, 9.17) is 9.26 Å². The van der Waals surface area contributed by atoms with Gasteiger partial charge in [0.2, 0.25) is 15.8 Å². The maximum absolute atomic E-state index is 12.6. The van der Waals surface area contributed by atoms with Gasteiger partial charge in [-0.25, -0.2) is 8.42 Å². The third kappa shape index (κ3) is 5.91. The van der Waals surface area contributed by atoms with Crippen LogP contribution in [0.2, 0.25) is 0 Å². The van der Waals surface area contributed by atoms with Gasteiger partial charge in [0.25, 0.3) is 5.89 Å². The summed E-state index contributed by atoms with van der Waals surface area (Å²) in [5, 5.41) is 3.89. The highest BCUT2D eigenvalue weighted by Gasteiger charge is 2.24. The number of aromatic nitrogens is 2. The van der Waals surface area contributed by atoms with E-state index < -0.39 is 22.5 Å². The minimum Gasteiger partial charge on any atom is -0.455 e. The Bertz CT molecular complexity index is 1230. The van der Waals surface area contributed by atoms with Crippen molar-refractivity contribution in [2.24, 2.45) is 0 Å². The number of sulfonamides is 1. The van der Waals surface area contributed by atoms with Gasteiger partial charge in [0, 0.05) is 18.2 Å². The van der Waals surface area contributed by atoms with Crippen molar-refractivity contribution in [3.05, 3.63) is 65.5 Å². The molecule has 0 saturated heterocycles. The summed E-state index contributed by atoms with van der Waals surface area (Å²) in [7, 11) is -2.67. The van der Waals surface area contributed by atoms with Crippen molar-refractivity contribution in [3.63, 3.8) is 0 Å². The molecular formula is C23H25N3O6S. The molecule has 0 atom stereocenters. The average molecular weight is 472 g/mol. The van der Waals surface area contributed by atoms with Gasteiger partial charge in [0.05, 0.1) is 4.90 Å². The molecule has 10 heteroatoms. The maximum Gasteiger partial charge on any atom is 0.321 e. The van der Waals surface area contributed by atoms with Crippen LogP contribution in [0.3, 0.4) is 0 Å². The molecule has 174 valence electrons. The van der Waals surface area contributed by atoms with Gasteiger partial charge >= 0.3 is 5.97 Å². The Morgan fingerprint density at radius 2 is 1.70 bits per heavy atom. The molecule has 0 fully saturated rings. The molecule has 9 nitrogen and oxygen atoms in total. The number of likely N-dealkylation sites (N-methyl/N-ethyl adjacent to an activating group) is 1. The molecule has 1 aromatic heterocycles. The molecule has 0 saturated carbocycles. The normalized spacial score (nSPS) is 11.7. The zero-order chi connectivity index (χ0) is 24.2. The third-order valence-corrected chi connectivity index (χ3v) is 6.80. The molecule has 2 aromatic carbocycles. The molecule has 3 aromatic rings. The van der Waals surface area contributed by atoms with Crippen LogP contribution in [-0.2, 0) is 26.2 Å². The predicted octanol–water partition coefficient (Wildman–Crippen LogP) is 3.43. The van der Waals surface area contributed by atoms with Gasteiger partial charge in [-0.1, -0.05) is 55.4 Å². The Morgan fingerprint density at radius 1 is 1.06 bits per heavy atom. The van der Waals surface area contributed by atoms with E-state index in [1.165, 1.54) is 43.8 Å². The molecule has 0 aliphatic heterocycles. The molecule has 0 aliphatic rings. The SMILES string of the molecule is CC(=O)c1ccc(S(=O)(=O)N(C)CC(=O)OCc2nc(-c3ccc(C(C)C)cc3)no2)cc1. The van der Waals surface area contributed by atoms with E-state index >= 15 is 0 Å². The summed E-state index contributed by atoms with van der Waals surface area (Å²) in [5.41, 5.74) is 2.35. The van der Waals surface area contributed by atoms with Gasteiger partial charge in [0.1, 0.15) is 6.54 Å². The molecule has 0 aliphatic carbocycles. The number of rotatable bonds is 9. The van der Waals surface area contributed by atoms with E-state index in [1.807, 2.05) is 24.3 Å². The highest BCUT2D eigenvalue weighted by molar-refractivity contribution is 7.89. The minimum atomic E-state index is -3.93. The highest BCUT2D eigenvalue weighted by atomic mass is 32.2. The third-order valence-electron chi connectivity index (χ3n) is 4.98. The molecular weight excluding hydrogens is 446 g/mol. The monoisotopic (exact) mass is 471 g/mol. The fourth-order valence-corrected chi connectivity index (χ4v) is 4.06. The van der Waals surface area contributed by atoms with Crippen LogP contribution in [0.4, 0.5) is 0 Å². The number of nitrogens with zero attached hydrogens (tertiary/aromatic N) is 3. The predicted molar refractivity (Wildman–Crippen MR) is 120 cm³/mol. The summed E-state index contributed by atoms with van der Waals surface area (Å²) < 4.78 is 36.4. The number of benzene rings is 2. The van der Waals surface area contributed by atoms with Gasteiger partial charge in [-0.15, -0.1) is 0 Å². The van der Waals surface area contributed by atoms with Crippen LogP contribution >= 0.6 is 0 Å². The number of hydrogen-bond donors (Lipinski definition) is 0. The van der Waals surface area contributed by atoms with Crippen molar-refractivity contribution in [3.8, 4) is 11.4 Å². The van der Waals surface area contributed by atoms with Crippen LogP contribution in [0, 0.1) is 0 Å². The van der Waals surface area contributed by atoms with Crippen molar-refractivity contribution < 1.29 is 27.3 Å². The number of carbonyl (C=O) groups is 2. The zero-order valence-electron chi connectivity index (χ0n) is 18.8.